The Labute approximate surface area is 128 Å². The van der Waals surface area contributed by atoms with Crippen LogP contribution >= 0.6 is 0 Å². The van der Waals surface area contributed by atoms with Gasteiger partial charge in [0.25, 0.3) is 6.33 Å². The first-order valence-corrected chi connectivity index (χ1v) is 5.63. The van der Waals surface area contributed by atoms with E-state index in [9.17, 15) is 9.59 Å². The number of morpholine rings is 1. The first-order chi connectivity index (χ1) is 8.61. The number of hydrogen-bond acceptors (Lipinski definition) is 4. The molecule has 1 aromatic rings. The maximum atomic E-state index is 12.1. The highest BCUT2D eigenvalue weighted by Crippen LogP contribution is 2.08. The maximum Gasteiger partial charge on any atom is 0.415 e. The molecular formula is C11H16IN3O4. The van der Waals surface area contributed by atoms with Gasteiger partial charge in [-0.25, -0.2) is 14.2 Å². The third kappa shape index (κ3) is 3.66. The van der Waals surface area contributed by atoms with Crippen LogP contribution in [0.1, 0.15) is 0 Å². The van der Waals surface area contributed by atoms with Gasteiger partial charge in [-0.1, -0.05) is 0 Å². The zero-order valence-corrected chi connectivity index (χ0v) is 12.9. The second-order valence-electron chi connectivity index (χ2n) is 4.10. The highest BCUT2D eigenvalue weighted by atomic mass is 127. The van der Waals surface area contributed by atoms with E-state index in [-0.39, 0.29) is 36.6 Å². The number of hydrogen-bond donors (Lipinski definition) is 0. The van der Waals surface area contributed by atoms with Crippen LogP contribution in [0.4, 0.5) is 4.79 Å². The Kier molecular flexibility index (Phi) is 5.73. The highest BCUT2D eigenvalue weighted by molar-refractivity contribution is 5.79. The van der Waals surface area contributed by atoms with Gasteiger partial charge in [-0.3, -0.25) is 4.90 Å². The van der Waals surface area contributed by atoms with E-state index in [1.54, 1.807) is 28.2 Å². The minimum absolute atomic E-state index is 0. The van der Waals surface area contributed by atoms with Crippen LogP contribution in [-0.2, 0) is 21.3 Å². The van der Waals surface area contributed by atoms with Crippen molar-refractivity contribution in [3.8, 4) is 0 Å². The van der Waals surface area contributed by atoms with Crippen molar-refractivity contribution in [1.82, 2.24) is 9.47 Å². The van der Waals surface area contributed by atoms with E-state index in [0.29, 0.717) is 13.2 Å². The lowest BCUT2D eigenvalue weighted by Crippen LogP contribution is -3.00. The van der Waals surface area contributed by atoms with Gasteiger partial charge in [-0.2, -0.15) is 4.57 Å². The van der Waals surface area contributed by atoms with Crippen molar-refractivity contribution in [1.29, 1.82) is 0 Å². The van der Waals surface area contributed by atoms with Crippen LogP contribution in [0.5, 0.6) is 0 Å². The molecule has 1 amide bonds. The quantitative estimate of drug-likeness (QED) is 0.284. The van der Waals surface area contributed by atoms with Gasteiger partial charge in [0.2, 0.25) is 0 Å². The largest absolute Gasteiger partial charge is 1.00 e. The molecular weight excluding hydrogens is 365 g/mol. The Morgan fingerprint density at radius 3 is 2.79 bits per heavy atom. The number of aryl methyl sites for hydroxylation is 1. The molecule has 0 radical (unpaired) electrons. The molecule has 0 bridgehead atoms. The molecule has 0 aromatic carbocycles. The Morgan fingerprint density at radius 2 is 2.21 bits per heavy atom. The van der Waals surface area contributed by atoms with Crippen molar-refractivity contribution < 1.29 is 47.6 Å². The normalized spacial score (nSPS) is 18.6. The number of imidazole rings is 1. The molecule has 19 heavy (non-hydrogen) atoms. The highest BCUT2D eigenvalue weighted by Gasteiger charge is 2.32. The van der Waals surface area contributed by atoms with Crippen molar-refractivity contribution >= 4 is 12.0 Å². The summed E-state index contributed by atoms with van der Waals surface area (Å²) in [7, 11) is 3.14. The van der Waals surface area contributed by atoms with Crippen molar-refractivity contribution in [2.24, 2.45) is 7.05 Å². The number of rotatable bonds is 1. The van der Waals surface area contributed by atoms with Crippen LogP contribution in [0.15, 0.2) is 18.7 Å². The summed E-state index contributed by atoms with van der Waals surface area (Å²) in [6, 6.07) is -0.173. The molecule has 106 valence electrons. The number of aromatic nitrogens is 2. The zero-order valence-electron chi connectivity index (χ0n) is 10.8. The molecule has 7 nitrogen and oxygen atoms in total. The number of halogens is 1. The molecule has 0 N–H and O–H groups in total. The number of amides is 1. The number of carbonyl (C=O) groups excluding carboxylic acids is 2. The number of methoxy groups -OCH3 is 1. The molecule has 0 saturated carbocycles. The van der Waals surface area contributed by atoms with Gasteiger partial charge >= 0.3 is 12.0 Å². The lowest BCUT2D eigenvalue weighted by Gasteiger charge is -2.29. The predicted octanol–water partition coefficient (Wildman–Crippen LogP) is -3.84. The molecule has 1 fully saturated rings. The van der Waals surface area contributed by atoms with Crippen molar-refractivity contribution in [2.45, 2.75) is 6.10 Å². The summed E-state index contributed by atoms with van der Waals surface area (Å²) in [6.07, 6.45) is 4.42. The van der Waals surface area contributed by atoms with Crippen LogP contribution in [0.3, 0.4) is 0 Å². The molecule has 2 heterocycles. The molecule has 0 spiro atoms. The fourth-order valence-corrected chi connectivity index (χ4v) is 1.82. The average molecular weight is 381 g/mol. The van der Waals surface area contributed by atoms with E-state index < -0.39 is 12.1 Å². The third-order valence-corrected chi connectivity index (χ3v) is 2.79. The summed E-state index contributed by atoms with van der Waals surface area (Å²) >= 11 is 0. The molecule has 1 unspecified atom stereocenters. The summed E-state index contributed by atoms with van der Waals surface area (Å²) in [5.41, 5.74) is 0. The lowest BCUT2D eigenvalue weighted by atomic mass is 10.3. The average Bonchev–Trinajstić information content (AvgIpc) is 2.83. The summed E-state index contributed by atoms with van der Waals surface area (Å²) < 4.78 is 13.1. The van der Waals surface area contributed by atoms with E-state index in [0.717, 1.165) is 0 Å². The Morgan fingerprint density at radius 1 is 1.47 bits per heavy atom. The number of carbonyl (C=O) groups is 2. The van der Waals surface area contributed by atoms with E-state index in [4.69, 9.17) is 4.74 Å². The van der Waals surface area contributed by atoms with Crippen LogP contribution in [-0.4, -0.2) is 54.4 Å². The predicted molar refractivity (Wildman–Crippen MR) is 59.7 cm³/mol. The van der Waals surface area contributed by atoms with Crippen LogP contribution in [0.25, 0.3) is 0 Å². The second-order valence-corrected chi connectivity index (χ2v) is 4.10. The van der Waals surface area contributed by atoms with Crippen molar-refractivity contribution in [2.75, 3.05) is 26.8 Å². The zero-order chi connectivity index (χ0) is 13.1. The molecule has 0 aliphatic carbocycles. The number of nitrogens with zero attached hydrogens (tertiary/aromatic N) is 3. The number of ether oxygens (including phenoxy) is 2. The van der Waals surface area contributed by atoms with Gasteiger partial charge in [0.1, 0.15) is 12.4 Å². The topological polar surface area (TPSA) is 64.7 Å². The molecule has 2 rings (SSSR count). The number of esters is 1. The Bertz CT molecular complexity index is 463. The summed E-state index contributed by atoms with van der Waals surface area (Å²) in [4.78, 5) is 25.1. The Hall–Kier alpha value is -1.16. The standard InChI is InChI=1S/C11H16N3O4.HI/c1-12-3-4-14(8-12)11(16)13-5-6-18-9(7-13)10(15)17-2;/h3-4,8-9H,5-7H2,1-2H3;1H/q+1;/p-1. The first-order valence-electron chi connectivity index (χ1n) is 5.63. The van der Waals surface area contributed by atoms with Crippen molar-refractivity contribution in [3.63, 3.8) is 0 Å². The van der Waals surface area contributed by atoms with E-state index in [2.05, 4.69) is 4.74 Å². The monoisotopic (exact) mass is 381 g/mol. The third-order valence-electron chi connectivity index (χ3n) is 2.79. The van der Waals surface area contributed by atoms with E-state index in [1.165, 1.54) is 11.7 Å². The minimum Gasteiger partial charge on any atom is -1.00 e. The van der Waals surface area contributed by atoms with Gasteiger partial charge < -0.3 is 33.5 Å². The van der Waals surface area contributed by atoms with E-state index in [1.807, 2.05) is 7.05 Å². The Balaban J connectivity index is 0.00000180. The fourth-order valence-electron chi connectivity index (χ4n) is 1.82. The molecule has 1 aliphatic rings. The lowest BCUT2D eigenvalue weighted by molar-refractivity contribution is -0.670. The van der Waals surface area contributed by atoms with Crippen LogP contribution in [0, 0.1) is 0 Å². The van der Waals surface area contributed by atoms with Gasteiger partial charge in [0.05, 0.1) is 27.3 Å². The molecule has 1 aliphatic heterocycles. The van der Waals surface area contributed by atoms with Crippen molar-refractivity contribution in [3.05, 3.63) is 18.7 Å². The van der Waals surface area contributed by atoms with Crippen LogP contribution < -0.4 is 28.5 Å². The van der Waals surface area contributed by atoms with Gasteiger partial charge in [-0.05, 0) is 0 Å². The first kappa shape index (κ1) is 15.9. The minimum atomic E-state index is -0.697. The molecule has 1 aromatic heterocycles. The summed E-state index contributed by atoms with van der Waals surface area (Å²) in [6.45, 7) is 1.01. The molecule has 1 atom stereocenters. The SMILES string of the molecule is COC(=O)C1CN(C(=O)n2cc[n+](C)c2)CCO1.[I-]. The smallest absolute Gasteiger partial charge is 0.415 e. The summed E-state index contributed by atoms with van der Waals surface area (Å²) in [5, 5.41) is 0. The van der Waals surface area contributed by atoms with E-state index >= 15 is 0 Å². The maximum absolute atomic E-state index is 12.1. The van der Waals surface area contributed by atoms with Gasteiger partial charge in [-0.15, -0.1) is 0 Å². The molecule has 8 heteroatoms. The molecule has 1 saturated heterocycles. The summed E-state index contributed by atoms with van der Waals surface area (Å²) in [5.74, 6) is -0.453. The fraction of sp³-hybridized carbons (Fsp3) is 0.545. The van der Waals surface area contributed by atoms with Crippen LogP contribution in [0.2, 0.25) is 0 Å². The van der Waals surface area contributed by atoms with Gasteiger partial charge in [0.15, 0.2) is 6.10 Å². The van der Waals surface area contributed by atoms with Gasteiger partial charge in [0, 0.05) is 6.54 Å². The second kappa shape index (κ2) is 6.85.